The third-order valence-corrected chi connectivity index (χ3v) is 6.03. The number of rotatable bonds is 6. The number of piperidine rings is 1. The van der Waals surface area contributed by atoms with Gasteiger partial charge in [0.05, 0.1) is 7.11 Å². The van der Waals surface area contributed by atoms with Crippen LogP contribution in [0, 0.1) is 0 Å². The molecule has 6 nitrogen and oxygen atoms in total. The summed E-state index contributed by atoms with van der Waals surface area (Å²) in [6.45, 7) is 3.62. The fraction of sp³-hybridized carbons (Fsp3) is 0.333. The van der Waals surface area contributed by atoms with Crippen LogP contribution in [0.25, 0.3) is 11.1 Å². The molecule has 2 heterocycles. The van der Waals surface area contributed by atoms with Gasteiger partial charge in [-0.2, -0.15) is 0 Å². The highest BCUT2D eigenvalue weighted by molar-refractivity contribution is 5.95. The van der Waals surface area contributed by atoms with Crippen molar-refractivity contribution in [3.05, 3.63) is 60.7 Å². The number of nitrogens with zero attached hydrogens (tertiary/aromatic N) is 1. The predicted octanol–water partition coefficient (Wildman–Crippen LogP) is 3.55. The molecule has 2 bridgehead atoms. The van der Waals surface area contributed by atoms with E-state index in [4.69, 9.17) is 15.2 Å². The van der Waals surface area contributed by atoms with Crippen molar-refractivity contribution in [2.75, 3.05) is 7.11 Å². The standard InChI is InChI=1S/C24H26N2O4/c1-3-23(27)26-17-8-9-18(26)14-20(13-17)30-19-11-15(10-16(12-19)24(25)28)21-6-4-5-7-22(21)29-2/h3-7,10-12,17-18,20H,1,8-9,13-14H2,2H3,(H2,25,28)/t17-,18+,20-. The third kappa shape index (κ3) is 3.77. The van der Waals surface area contributed by atoms with Gasteiger partial charge in [0.15, 0.2) is 0 Å². The minimum Gasteiger partial charge on any atom is -0.496 e. The summed E-state index contributed by atoms with van der Waals surface area (Å²) in [6, 6.07) is 13.3. The number of hydrogen-bond donors (Lipinski definition) is 1. The molecule has 6 heteroatoms. The van der Waals surface area contributed by atoms with E-state index in [0.717, 1.165) is 36.8 Å². The first kappa shape index (κ1) is 20.0. The van der Waals surface area contributed by atoms with Gasteiger partial charge in [-0.25, -0.2) is 0 Å². The lowest BCUT2D eigenvalue weighted by Gasteiger charge is -2.38. The molecule has 0 unspecified atom stereocenters. The maximum absolute atomic E-state index is 12.2. The van der Waals surface area contributed by atoms with Crippen LogP contribution in [0.4, 0.5) is 0 Å². The summed E-state index contributed by atoms with van der Waals surface area (Å²) < 4.78 is 11.8. The molecule has 2 N–H and O–H groups in total. The van der Waals surface area contributed by atoms with E-state index in [-0.39, 0.29) is 24.1 Å². The number of nitrogens with two attached hydrogens (primary N) is 1. The minimum absolute atomic E-state index is 0.00450. The lowest BCUT2D eigenvalue weighted by molar-refractivity contribution is -0.131. The van der Waals surface area contributed by atoms with Crippen molar-refractivity contribution in [2.45, 2.75) is 43.9 Å². The van der Waals surface area contributed by atoms with Crippen LogP contribution in [0.1, 0.15) is 36.0 Å². The van der Waals surface area contributed by atoms with E-state index in [2.05, 4.69) is 6.58 Å². The molecule has 2 amide bonds. The van der Waals surface area contributed by atoms with Crippen LogP contribution in [0.5, 0.6) is 11.5 Å². The molecular formula is C24H26N2O4. The number of ether oxygens (including phenoxy) is 2. The second-order valence-electron chi connectivity index (χ2n) is 7.86. The average molecular weight is 406 g/mol. The number of amides is 2. The van der Waals surface area contributed by atoms with Crippen molar-refractivity contribution < 1.29 is 19.1 Å². The number of fused-ring (bicyclic) bond motifs is 2. The molecule has 2 saturated heterocycles. The van der Waals surface area contributed by atoms with Gasteiger partial charge in [-0.05, 0) is 48.7 Å². The molecule has 3 atom stereocenters. The highest BCUT2D eigenvalue weighted by Crippen LogP contribution is 2.39. The van der Waals surface area contributed by atoms with Gasteiger partial charge < -0.3 is 20.1 Å². The summed E-state index contributed by atoms with van der Waals surface area (Å²) in [7, 11) is 1.61. The number of primary amides is 1. The van der Waals surface area contributed by atoms with Crippen molar-refractivity contribution >= 4 is 11.8 Å². The van der Waals surface area contributed by atoms with Crippen LogP contribution >= 0.6 is 0 Å². The summed E-state index contributed by atoms with van der Waals surface area (Å²) in [5.74, 6) is 0.790. The van der Waals surface area contributed by atoms with E-state index in [1.54, 1.807) is 19.2 Å². The highest BCUT2D eigenvalue weighted by atomic mass is 16.5. The number of methoxy groups -OCH3 is 1. The largest absolute Gasteiger partial charge is 0.496 e. The maximum Gasteiger partial charge on any atom is 0.248 e. The van der Waals surface area contributed by atoms with Crippen LogP contribution in [0.15, 0.2) is 55.1 Å². The van der Waals surface area contributed by atoms with Gasteiger partial charge in [-0.1, -0.05) is 24.8 Å². The zero-order valence-corrected chi connectivity index (χ0v) is 17.0. The molecule has 0 spiro atoms. The average Bonchev–Trinajstić information content (AvgIpc) is 3.03. The Hall–Kier alpha value is -3.28. The third-order valence-electron chi connectivity index (χ3n) is 6.03. The maximum atomic E-state index is 12.2. The normalized spacial score (nSPS) is 22.4. The second-order valence-corrected chi connectivity index (χ2v) is 7.86. The first-order valence-corrected chi connectivity index (χ1v) is 10.2. The first-order valence-electron chi connectivity index (χ1n) is 10.2. The van der Waals surface area contributed by atoms with Gasteiger partial charge in [-0.3, -0.25) is 9.59 Å². The number of hydrogen-bond acceptors (Lipinski definition) is 4. The Morgan fingerprint density at radius 2 is 1.83 bits per heavy atom. The molecule has 0 aliphatic carbocycles. The molecule has 0 radical (unpaired) electrons. The number of carbonyl (C=O) groups is 2. The smallest absolute Gasteiger partial charge is 0.248 e. The molecule has 2 aliphatic rings. The van der Waals surface area contributed by atoms with E-state index in [1.165, 1.54) is 6.08 Å². The fourth-order valence-electron chi connectivity index (χ4n) is 4.73. The summed E-state index contributed by atoms with van der Waals surface area (Å²) in [6.07, 6.45) is 4.87. The molecule has 156 valence electrons. The first-order chi connectivity index (χ1) is 14.5. The summed E-state index contributed by atoms with van der Waals surface area (Å²) in [5, 5.41) is 0. The van der Waals surface area contributed by atoms with E-state index < -0.39 is 5.91 Å². The SMILES string of the molecule is C=CC(=O)N1[C@@H]2CC[C@H]1C[C@H](Oc1cc(C(N)=O)cc(-c3ccccc3OC)c1)C2. The van der Waals surface area contributed by atoms with E-state index in [0.29, 0.717) is 17.1 Å². The van der Waals surface area contributed by atoms with Crippen LogP contribution in [-0.2, 0) is 4.79 Å². The Balaban J connectivity index is 1.61. The zero-order valence-electron chi connectivity index (χ0n) is 17.0. The van der Waals surface area contributed by atoms with Crippen LogP contribution in [0.2, 0.25) is 0 Å². The Kier molecular flexibility index (Phi) is 5.48. The van der Waals surface area contributed by atoms with Gasteiger partial charge in [0, 0.05) is 36.1 Å². The number of carbonyl (C=O) groups excluding carboxylic acids is 2. The van der Waals surface area contributed by atoms with Crippen molar-refractivity contribution in [2.24, 2.45) is 5.73 Å². The Morgan fingerprint density at radius 3 is 2.47 bits per heavy atom. The molecule has 2 aliphatic heterocycles. The number of benzene rings is 2. The van der Waals surface area contributed by atoms with E-state index >= 15 is 0 Å². The molecule has 0 aromatic heterocycles. The second kappa shape index (κ2) is 8.22. The van der Waals surface area contributed by atoms with Gasteiger partial charge in [0.25, 0.3) is 0 Å². The lowest BCUT2D eigenvalue weighted by Crippen LogP contribution is -2.48. The summed E-state index contributed by atoms with van der Waals surface area (Å²) >= 11 is 0. The summed E-state index contributed by atoms with van der Waals surface area (Å²) in [4.78, 5) is 26.1. The van der Waals surface area contributed by atoms with Crippen LogP contribution < -0.4 is 15.2 Å². The molecule has 2 aromatic carbocycles. The monoisotopic (exact) mass is 406 g/mol. The minimum atomic E-state index is -0.511. The van der Waals surface area contributed by atoms with Crippen molar-refractivity contribution in [1.82, 2.24) is 4.90 Å². The quantitative estimate of drug-likeness (QED) is 0.744. The van der Waals surface area contributed by atoms with E-state index in [9.17, 15) is 9.59 Å². The van der Waals surface area contributed by atoms with Crippen LogP contribution in [0.3, 0.4) is 0 Å². The topological polar surface area (TPSA) is 81.9 Å². The van der Waals surface area contributed by atoms with Crippen molar-refractivity contribution in [3.63, 3.8) is 0 Å². The lowest BCUT2D eigenvalue weighted by atomic mass is 9.98. The Labute approximate surface area is 176 Å². The molecular weight excluding hydrogens is 380 g/mol. The molecule has 2 fully saturated rings. The van der Waals surface area contributed by atoms with Crippen LogP contribution in [-0.4, -0.2) is 42.0 Å². The predicted molar refractivity (Wildman–Crippen MR) is 114 cm³/mol. The van der Waals surface area contributed by atoms with Gasteiger partial charge in [0.2, 0.25) is 11.8 Å². The van der Waals surface area contributed by atoms with Gasteiger partial charge in [0.1, 0.15) is 17.6 Å². The molecule has 30 heavy (non-hydrogen) atoms. The van der Waals surface area contributed by atoms with Gasteiger partial charge >= 0.3 is 0 Å². The fourth-order valence-corrected chi connectivity index (χ4v) is 4.73. The van der Waals surface area contributed by atoms with E-state index in [1.807, 2.05) is 35.2 Å². The molecule has 0 saturated carbocycles. The Morgan fingerprint density at radius 1 is 1.13 bits per heavy atom. The molecule has 2 aromatic rings. The number of para-hydroxylation sites is 1. The summed E-state index contributed by atoms with van der Waals surface area (Å²) in [5.41, 5.74) is 7.63. The van der Waals surface area contributed by atoms with Crippen molar-refractivity contribution in [1.29, 1.82) is 0 Å². The molecule has 4 rings (SSSR count). The van der Waals surface area contributed by atoms with Crippen molar-refractivity contribution in [3.8, 4) is 22.6 Å². The Bertz CT molecular complexity index is 973. The van der Waals surface area contributed by atoms with Gasteiger partial charge in [-0.15, -0.1) is 0 Å². The highest BCUT2D eigenvalue weighted by Gasteiger charge is 2.43. The zero-order chi connectivity index (χ0) is 21.3.